The average molecular weight is 235 g/mol. The number of aryl methyl sites for hydroxylation is 1. The first-order valence-corrected chi connectivity index (χ1v) is 5.73. The van der Waals surface area contributed by atoms with Gasteiger partial charge in [0.05, 0.1) is 6.07 Å². The third-order valence-corrected chi connectivity index (χ3v) is 3.09. The molecule has 0 aliphatic heterocycles. The maximum Gasteiger partial charge on any atom is 0.162 e. The van der Waals surface area contributed by atoms with Crippen molar-refractivity contribution in [1.29, 1.82) is 5.26 Å². The van der Waals surface area contributed by atoms with Gasteiger partial charge < -0.3 is 4.79 Å². The van der Waals surface area contributed by atoms with Crippen molar-refractivity contribution in [3.63, 3.8) is 0 Å². The van der Waals surface area contributed by atoms with Crippen LogP contribution in [0.4, 0.5) is 0 Å². The van der Waals surface area contributed by atoms with Gasteiger partial charge in [0.15, 0.2) is 5.41 Å². The minimum atomic E-state index is -1.21. The number of carbonyl (C=O) groups excluding carboxylic acids is 1. The van der Waals surface area contributed by atoms with E-state index in [0.29, 0.717) is 17.4 Å². The van der Waals surface area contributed by atoms with Crippen molar-refractivity contribution in [2.75, 3.05) is 0 Å². The van der Waals surface area contributed by atoms with E-state index in [9.17, 15) is 10.1 Å². The van der Waals surface area contributed by atoms with Crippen LogP contribution in [0.15, 0.2) is 54.6 Å². The predicted molar refractivity (Wildman–Crippen MR) is 70.1 cm³/mol. The minimum Gasteiger partial charge on any atom is -0.301 e. The lowest BCUT2D eigenvalue weighted by molar-refractivity contribution is -0.110. The first kappa shape index (κ1) is 12.1. The van der Waals surface area contributed by atoms with E-state index in [1.54, 1.807) is 12.1 Å². The van der Waals surface area contributed by atoms with Crippen LogP contribution in [0.1, 0.15) is 16.7 Å². The van der Waals surface area contributed by atoms with Gasteiger partial charge in [-0.3, -0.25) is 0 Å². The fourth-order valence-corrected chi connectivity index (χ4v) is 1.98. The fourth-order valence-electron chi connectivity index (χ4n) is 1.98. The molecule has 0 aliphatic carbocycles. The number of hydrogen-bond donors (Lipinski definition) is 0. The average Bonchev–Trinajstić information content (AvgIpc) is 2.44. The summed E-state index contributed by atoms with van der Waals surface area (Å²) in [5.41, 5.74) is 1.29. The highest BCUT2D eigenvalue weighted by Gasteiger charge is 2.34. The van der Waals surface area contributed by atoms with Gasteiger partial charge in [0, 0.05) is 0 Å². The lowest BCUT2D eigenvalue weighted by Gasteiger charge is -2.21. The Labute approximate surface area is 107 Å². The van der Waals surface area contributed by atoms with Gasteiger partial charge in [-0.05, 0) is 18.1 Å². The second-order valence-corrected chi connectivity index (χ2v) is 4.27. The monoisotopic (exact) mass is 235 g/mol. The molecule has 1 unspecified atom stereocenters. The van der Waals surface area contributed by atoms with Crippen molar-refractivity contribution in [3.05, 3.63) is 71.3 Å². The lowest BCUT2D eigenvalue weighted by Crippen LogP contribution is -2.27. The first-order chi connectivity index (χ1) is 8.73. The second-order valence-electron chi connectivity index (χ2n) is 4.27. The molecule has 2 aromatic rings. The van der Waals surface area contributed by atoms with Crippen LogP contribution in [0.3, 0.4) is 0 Å². The van der Waals surface area contributed by atoms with E-state index in [1.807, 2.05) is 49.4 Å². The van der Waals surface area contributed by atoms with E-state index < -0.39 is 5.41 Å². The summed E-state index contributed by atoms with van der Waals surface area (Å²) in [6.07, 6.45) is 0.715. The van der Waals surface area contributed by atoms with Crippen molar-refractivity contribution in [1.82, 2.24) is 0 Å². The highest BCUT2D eigenvalue weighted by atomic mass is 16.1. The van der Waals surface area contributed by atoms with Gasteiger partial charge >= 0.3 is 0 Å². The van der Waals surface area contributed by atoms with E-state index in [1.165, 1.54) is 0 Å². The van der Waals surface area contributed by atoms with Crippen LogP contribution in [0.25, 0.3) is 0 Å². The molecule has 18 heavy (non-hydrogen) atoms. The number of aldehydes is 1. The summed E-state index contributed by atoms with van der Waals surface area (Å²) in [5.74, 6) is 0. The van der Waals surface area contributed by atoms with E-state index in [4.69, 9.17) is 0 Å². The van der Waals surface area contributed by atoms with Crippen LogP contribution < -0.4 is 0 Å². The van der Waals surface area contributed by atoms with Crippen LogP contribution >= 0.6 is 0 Å². The molecule has 2 rings (SSSR count). The Kier molecular flexibility index (Phi) is 3.25. The molecule has 2 aromatic carbocycles. The standard InChI is InChI=1S/C16H13NO/c1-13-7-9-15(10-8-13)16(11-17,12-18)14-5-3-2-4-6-14/h2-10,12H,1H3. The third kappa shape index (κ3) is 1.91. The summed E-state index contributed by atoms with van der Waals surface area (Å²) < 4.78 is 0. The largest absolute Gasteiger partial charge is 0.301 e. The zero-order valence-corrected chi connectivity index (χ0v) is 10.1. The maximum atomic E-state index is 11.5. The van der Waals surface area contributed by atoms with Gasteiger partial charge in [0.1, 0.15) is 6.29 Å². The summed E-state index contributed by atoms with van der Waals surface area (Å²) in [7, 11) is 0. The predicted octanol–water partition coefficient (Wildman–Crippen LogP) is 3.00. The van der Waals surface area contributed by atoms with Crippen LogP contribution in [0.5, 0.6) is 0 Å². The van der Waals surface area contributed by atoms with Crippen LogP contribution in [-0.4, -0.2) is 6.29 Å². The summed E-state index contributed by atoms with van der Waals surface area (Å²) >= 11 is 0. The van der Waals surface area contributed by atoms with Crippen molar-refractivity contribution < 1.29 is 4.79 Å². The van der Waals surface area contributed by atoms with Crippen molar-refractivity contribution in [3.8, 4) is 6.07 Å². The summed E-state index contributed by atoms with van der Waals surface area (Å²) in [6.45, 7) is 1.97. The SMILES string of the molecule is Cc1ccc(C(C#N)(C=O)c2ccccc2)cc1. The Balaban J connectivity index is 2.62. The molecule has 0 radical (unpaired) electrons. The van der Waals surface area contributed by atoms with Gasteiger partial charge in [-0.2, -0.15) is 5.26 Å². The van der Waals surface area contributed by atoms with Crippen molar-refractivity contribution in [2.45, 2.75) is 12.3 Å². The van der Waals surface area contributed by atoms with Gasteiger partial charge in [0.2, 0.25) is 0 Å². The molecule has 0 saturated heterocycles. The zero-order chi connectivity index (χ0) is 13.0. The third-order valence-electron chi connectivity index (χ3n) is 3.09. The molecule has 1 atom stereocenters. The minimum absolute atomic E-state index is 0.700. The fraction of sp³-hybridized carbons (Fsp3) is 0.125. The van der Waals surface area contributed by atoms with Crippen molar-refractivity contribution in [2.24, 2.45) is 0 Å². The van der Waals surface area contributed by atoms with E-state index in [2.05, 4.69) is 6.07 Å². The summed E-state index contributed by atoms with van der Waals surface area (Å²) in [6, 6.07) is 18.8. The molecule has 0 aromatic heterocycles. The maximum absolute atomic E-state index is 11.5. The molecular weight excluding hydrogens is 222 g/mol. The van der Waals surface area contributed by atoms with Crippen LogP contribution in [0.2, 0.25) is 0 Å². The molecule has 0 amide bonds. The Hall–Kier alpha value is -2.40. The number of benzene rings is 2. The molecule has 0 bridgehead atoms. The Bertz CT molecular complexity index is 581. The molecule has 88 valence electrons. The van der Waals surface area contributed by atoms with Crippen LogP contribution in [-0.2, 0) is 10.2 Å². The van der Waals surface area contributed by atoms with Gasteiger partial charge in [0.25, 0.3) is 0 Å². The normalized spacial score (nSPS) is 13.3. The molecule has 2 nitrogen and oxygen atoms in total. The topological polar surface area (TPSA) is 40.9 Å². The van der Waals surface area contributed by atoms with Gasteiger partial charge in [-0.1, -0.05) is 60.2 Å². The second kappa shape index (κ2) is 4.85. The molecule has 0 aliphatic rings. The van der Waals surface area contributed by atoms with Gasteiger partial charge in [-0.15, -0.1) is 0 Å². The van der Waals surface area contributed by atoms with Crippen molar-refractivity contribution >= 4 is 6.29 Å². The molecule has 2 heteroatoms. The summed E-state index contributed by atoms with van der Waals surface area (Å²) in [4.78, 5) is 11.5. The highest BCUT2D eigenvalue weighted by molar-refractivity contribution is 5.79. The molecule has 0 spiro atoms. The molecule has 0 fully saturated rings. The van der Waals surface area contributed by atoms with Gasteiger partial charge in [-0.25, -0.2) is 0 Å². The Morgan fingerprint density at radius 1 is 1.00 bits per heavy atom. The first-order valence-electron chi connectivity index (χ1n) is 5.73. The highest BCUT2D eigenvalue weighted by Crippen LogP contribution is 2.29. The van der Waals surface area contributed by atoms with E-state index in [0.717, 1.165) is 5.56 Å². The number of nitrogens with zero attached hydrogens (tertiary/aromatic N) is 1. The number of rotatable bonds is 3. The smallest absolute Gasteiger partial charge is 0.162 e. The Morgan fingerprint density at radius 3 is 2.06 bits per heavy atom. The quantitative estimate of drug-likeness (QED) is 0.767. The molecule has 0 saturated carbocycles. The van der Waals surface area contributed by atoms with E-state index in [-0.39, 0.29) is 0 Å². The number of nitriles is 1. The number of hydrogen-bond acceptors (Lipinski definition) is 2. The molecule has 0 N–H and O–H groups in total. The van der Waals surface area contributed by atoms with Crippen LogP contribution in [0, 0.1) is 18.3 Å². The number of carbonyl (C=O) groups is 1. The zero-order valence-electron chi connectivity index (χ0n) is 10.1. The molecular formula is C16H13NO. The van der Waals surface area contributed by atoms with E-state index >= 15 is 0 Å². The molecule has 0 heterocycles. The summed E-state index contributed by atoms with van der Waals surface area (Å²) in [5, 5.41) is 9.47. The lowest BCUT2D eigenvalue weighted by atomic mass is 9.77. The Morgan fingerprint density at radius 2 is 1.56 bits per heavy atom.